The number of hydrogen-bond acceptors (Lipinski definition) is 4. The second-order valence-corrected chi connectivity index (χ2v) is 5.08. The van der Waals surface area contributed by atoms with Crippen molar-refractivity contribution < 1.29 is 24.6 Å². The van der Waals surface area contributed by atoms with Gasteiger partial charge in [0, 0.05) is 4.90 Å². The van der Waals surface area contributed by atoms with Crippen molar-refractivity contribution in [2.45, 2.75) is 4.90 Å². The minimum atomic E-state index is -1.29. The summed E-state index contributed by atoms with van der Waals surface area (Å²) < 4.78 is 0. The third-order valence-corrected chi connectivity index (χ3v) is 3.40. The monoisotopic (exact) mass is 317 g/mol. The van der Waals surface area contributed by atoms with Crippen LogP contribution >= 0.6 is 23.4 Å². The summed E-state index contributed by atoms with van der Waals surface area (Å²) in [5, 5.41) is 17.6. The molecule has 0 bridgehead atoms. The first-order chi connectivity index (χ1) is 9.35. The number of nitrogens with zero attached hydrogens (tertiary/aromatic N) is 1. The van der Waals surface area contributed by atoms with E-state index in [4.69, 9.17) is 21.8 Å². The first-order valence-corrected chi connectivity index (χ1v) is 7.01. The van der Waals surface area contributed by atoms with Crippen LogP contribution in [-0.4, -0.2) is 52.3 Å². The van der Waals surface area contributed by atoms with Crippen LogP contribution < -0.4 is 0 Å². The van der Waals surface area contributed by atoms with E-state index in [0.717, 1.165) is 9.80 Å². The molecule has 2 N–H and O–H groups in total. The lowest BCUT2D eigenvalue weighted by Gasteiger charge is -2.19. The van der Waals surface area contributed by atoms with Crippen molar-refractivity contribution in [3.63, 3.8) is 0 Å². The van der Waals surface area contributed by atoms with Crippen LogP contribution in [0.5, 0.6) is 0 Å². The van der Waals surface area contributed by atoms with Crippen LogP contribution in [0.2, 0.25) is 5.02 Å². The first kappa shape index (κ1) is 16.3. The highest BCUT2D eigenvalue weighted by atomic mass is 35.5. The zero-order chi connectivity index (χ0) is 15.3. The Kier molecular flexibility index (Phi) is 5.84. The van der Waals surface area contributed by atoms with Crippen LogP contribution in [0, 0.1) is 0 Å². The summed E-state index contributed by atoms with van der Waals surface area (Å²) in [4.78, 5) is 35.1. The molecule has 0 atom stereocenters. The molecule has 0 radical (unpaired) electrons. The lowest BCUT2D eigenvalue weighted by molar-refractivity contribution is -0.140. The number of thioether (sulfide) groups is 1. The molecule has 0 fully saturated rings. The van der Waals surface area contributed by atoms with Crippen molar-refractivity contribution in [3.05, 3.63) is 28.8 Å². The van der Waals surface area contributed by atoms with Crippen molar-refractivity contribution in [1.82, 2.24) is 4.90 Å². The first-order valence-electron chi connectivity index (χ1n) is 5.41. The summed E-state index contributed by atoms with van der Waals surface area (Å²) in [5.74, 6) is -3.32. The van der Waals surface area contributed by atoms with Gasteiger partial charge in [-0.2, -0.15) is 0 Å². The Bertz CT molecular complexity index is 533. The average molecular weight is 318 g/mol. The highest BCUT2D eigenvalue weighted by molar-refractivity contribution is 7.98. The second-order valence-electron chi connectivity index (χ2n) is 3.79. The van der Waals surface area contributed by atoms with Gasteiger partial charge in [0.05, 0.1) is 10.6 Å². The van der Waals surface area contributed by atoms with Crippen LogP contribution in [0.15, 0.2) is 23.1 Å². The van der Waals surface area contributed by atoms with Crippen LogP contribution in [0.25, 0.3) is 0 Å². The summed E-state index contributed by atoms with van der Waals surface area (Å²) in [6, 6.07) is 4.73. The fourth-order valence-electron chi connectivity index (χ4n) is 1.49. The van der Waals surface area contributed by atoms with Crippen LogP contribution in [0.4, 0.5) is 0 Å². The molecule has 0 saturated carbocycles. The molecule has 0 saturated heterocycles. The lowest BCUT2D eigenvalue weighted by Crippen LogP contribution is -2.39. The van der Waals surface area contributed by atoms with Gasteiger partial charge in [-0.15, -0.1) is 11.8 Å². The Morgan fingerprint density at radius 1 is 1.20 bits per heavy atom. The lowest BCUT2D eigenvalue weighted by atomic mass is 10.2. The van der Waals surface area contributed by atoms with Crippen LogP contribution in [0.3, 0.4) is 0 Å². The number of carboxylic acid groups (broad SMARTS) is 2. The van der Waals surface area contributed by atoms with E-state index in [2.05, 4.69) is 0 Å². The zero-order valence-electron chi connectivity index (χ0n) is 10.5. The minimum Gasteiger partial charge on any atom is -0.480 e. The molecule has 20 heavy (non-hydrogen) atoms. The molecule has 1 aromatic carbocycles. The van der Waals surface area contributed by atoms with Gasteiger partial charge in [-0.1, -0.05) is 11.6 Å². The highest BCUT2D eigenvalue weighted by Crippen LogP contribution is 2.24. The smallest absolute Gasteiger partial charge is 0.323 e. The number of carbonyl (C=O) groups is 3. The van der Waals surface area contributed by atoms with Crippen molar-refractivity contribution in [3.8, 4) is 0 Å². The molecule has 0 aliphatic carbocycles. The van der Waals surface area contributed by atoms with Crippen molar-refractivity contribution in [1.29, 1.82) is 0 Å². The van der Waals surface area contributed by atoms with Gasteiger partial charge in [-0.3, -0.25) is 14.4 Å². The molecule has 0 aromatic heterocycles. The maximum absolute atomic E-state index is 12.2. The third kappa shape index (κ3) is 4.43. The van der Waals surface area contributed by atoms with Gasteiger partial charge in [0.2, 0.25) is 0 Å². The maximum Gasteiger partial charge on any atom is 0.323 e. The largest absolute Gasteiger partial charge is 0.480 e. The van der Waals surface area contributed by atoms with Crippen molar-refractivity contribution >= 4 is 41.2 Å². The Morgan fingerprint density at radius 3 is 2.20 bits per heavy atom. The molecule has 0 spiro atoms. The van der Waals surface area contributed by atoms with Crippen molar-refractivity contribution in [2.24, 2.45) is 0 Å². The Labute approximate surface area is 124 Å². The van der Waals surface area contributed by atoms with Gasteiger partial charge < -0.3 is 15.1 Å². The van der Waals surface area contributed by atoms with Gasteiger partial charge in [-0.25, -0.2) is 0 Å². The summed E-state index contributed by atoms with van der Waals surface area (Å²) in [7, 11) is 0. The van der Waals surface area contributed by atoms with E-state index in [0.29, 0.717) is 0 Å². The highest BCUT2D eigenvalue weighted by Gasteiger charge is 2.23. The molecule has 1 rings (SSSR count). The Morgan fingerprint density at radius 2 is 1.75 bits per heavy atom. The van der Waals surface area contributed by atoms with E-state index in [9.17, 15) is 14.4 Å². The van der Waals surface area contributed by atoms with E-state index < -0.39 is 30.9 Å². The number of carboxylic acids is 2. The summed E-state index contributed by atoms with van der Waals surface area (Å²) in [6.07, 6.45) is 1.81. The van der Waals surface area contributed by atoms with E-state index in [1.165, 1.54) is 23.9 Å². The van der Waals surface area contributed by atoms with Crippen LogP contribution in [0.1, 0.15) is 10.4 Å². The number of aliphatic carboxylic acids is 2. The van der Waals surface area contributed by atoms with E-state index in [1.54, 1.807) is 6.07 Å². The normalized spacial score (nSPS) is 10.1. The molecule has 108 valence electrons. The molecule has 0 aliphatic rings. The minimum absolute atomic E-state index is 0.0843. The fraction of sp³-hybridized carbons (Fsp3) is 0.250. The molecule has 8 heteroatoms. The van der Waals surface area contributed by atoms with Gasteiger partial charge in [0.15, 0.2) is 0 Å². The fourth-order valence-corrected chi connectivity index (χ4v) is 2.13. The summed E-state index contributed by atoms with van der Waals surface area (Å²) in [6.45, 7) is -1.41. The standard InChI is InChI=1S/C12H12ClNO5S/c1-20-7-2-3-9(13)8(4-7)12(19)14(5-10(15)16)6-11(17)18/h2-4H,5-6H2,1H3,(H,15,16)(H,17,18). The molecule has 0 unspecified atom stereocenters. The van der Waals surface area contributed by atoms with E-state index in [1.807, 2.05) is 6.26 Å². The number of halogens is 1. The Hall–Kier alpha value is -1.73. The number of benzene rings is 1. The van der Waals surface area contributed by atoms with Gasteiger partial charge in [0.25, 0.3) is 5.91 Å². The number of hydrogen-bond donors (Lipinski definition) is 2. The quantitative estimate of drug-likeness (QED) is 0.775. The topological polar surface area (TPSA) is 94.9 Å². The SMILES string of the molecule is CSc1ccc(Cl)c(C(=O)N(CC(=O)O)CC(=O)O)c1. The molecule has 1 aromatic rings. The predicted molar refractivity (Wildman–Crippen MR) is 74.4 cm³/mol. The molecule has 0 heterocycles. The van der Waals surface area contributed by atoms with E-state index >= 15 is 0 Å². The maximum atomic E-state index is 12.2. The van der Waals surface area contributed by atoms with Crippen LogP contribution in [-0.2, 0) is 9.59 Å². The molecule has 6 nitrogen and oxygen atoms in total. The van der Waals surface area contributed by atoms with Gasteiger partial charge in [0.1, 0.15) is 13.1 Å². The summed E-state index contributed by atoms with van der Waals surface area (Å²) >= 11 is 7.30. The summed E-state index contributed by atoms with van der Waals surface area (Å²) in [5.41, 5.74) is 0.0843. The Balaban J connectivity index is 3.10. The number of rotatable bonds is 6. The number of carbonyl (C=O) groups excluding carboxylic acids is 1. The van der Waals surface area contributed by atoms with Gasteiger partial charge in [-0.05, 0) is 24.5 Å². The molecule has 0 aliphatic heterocycles. The van der Waals surface area contributed by atoms with Gasteiger partial charge >= 0.3 is 11.9 Å². The molecular formula is C12H12ClNO5S. The predicted octanol–water partition coefficient (Wildman–Crippen LogP) is 1.67. The molecule has 1 amide bonds. The number of amides is 1. The van der Waals surface area contributed by atoms with Crippen molar-refractivity contribution in [2.75, 3.05) is 19.3 Å². The average Bonchev–Trinajstić information content (AvgIpc) is 2.36. The second kappa shape index (κ2) is 7.16. The zero-order valence-corrected chi connectivity index (χ0v) is 12.1. The molecular weight excluding hydrogens is 306 g/mol. The third-order valence-electron chi connectivity index (χ3n) is 2.34. The van der Waals surface area contributed by atoms with E-state index in [-0.39, 0.29) is 10.6 Å².